The van der Waals surface area contributed by atoms with Gasteiger partial charge in [0.05, 0.1) is 13.2 Å². The van der Waals surface area contributed by atoms with Crippen LogP contribution in [0.1, 0.15) is 23.2 Å². The third-order valence-corrected chi connectivity index (χ3v) is 5.89. The first-order chi connectivity index (χ1) is 14.3. The van der Waals surface area contributed by atoms with Crippen LogP contribution in [0.15, 0.2) is 54.6 Å². The molecule has 2 aliphatic rings. The largest absolute Gasteiger partial charge is 0.381 e. The predicted molar refractivity (Wildman–Crippen MR) is 114 cm³/mol. The van der Waals surface area contributed by atoms with Crippen molar-refractivity contribution in [3.8, 4) is 11.1 Å². The normalized spacial score (nSPS) is 18.5. The van der Waals surface area contributed by atoms with Gasteiger partial charge in [-0.15, -0.1) is 0 Å². The van der Waals surface area contributed by atoms with Gasteiger partial charge in [0.25, 0.3) is 5.91 Å². The van der Waals surface area contributed by atoms with Gasteiger partial charge in [0.15, 0.2) is 0 Å². The lowest BCUT2D eigenvalue weighted by Gasteiger charge is -2.36. The van der Waals surface area contributed by atoms with Crippen LogP contribution in [-0.2, 0) is 9.47 Å². The molecule has 0 bridgehead atoms. The molecule has 2 fully saturated rings. The fourth-order valence-corrected chi connectivity index (χ4v) is 4.12. The van der Waals surface area contributed by atoms with E-state index in [2.05, 4.69) is 21.9 Å². The zero-order chi connectivity index (χ0) is 19.9. The fourth-order valence-electron chi connectivity index (χ4n) is 4.12. The molecule has 2 aromatic rings. The molecule has 0 saturated carbocycles. The molecular weight excluding hydrogens is 364 g/mol. The summed E-state index contributed by atoms with van der Waals surface area (Å²) >= 11 is 0. The summed E-state index contributed by atoms with van der Waals surface area (Å²) in [4.78, 5) is 17.9. The Morgan fingerprint density at radius 2 is 1.48 bits per heavy atom. The Hall–Kier alpha value is -2.21. The number of hydrogen-bond donors (Lipinski definition) is 0. The van der Waals surface area contributed by atoms with E-state index in [-0.39, 0.29) is 11.9 Å². The van der Waals surface area contributed by atoms with Gasteiger partial charge in [-0.1, -0.05) is 42.5 Å². The lowest BCUT2D eigenvalue weighted by Crippen LogP contribution is -2.48. The predicted octanol–water partition coefficient (Wildman–Crippen LogP) is 3.31. The molecule has 2 saturated heterocycles. The van der Waals surface area contributed by atoms with E-state index in [9.17, 15) is 4.79 Å². The Bertz CT molecular complexity index is 766. The quantitative estimate of drug-likeness (QED) is 0.754. The van der Waals surface area contributed by atoms with E-state index < -0.39 is 0 Å². The average Bonchev–Trinajstić information content (AvgIpc) is 2.81. The minimum atomic E-state index is 0.129. The average molecular weight is 395 g/mol. The molecule has 5 heteroatoms. The lowest BCUT2D eigenvalue weighted by atomic mass is 10.0. The van der Waals surface area contributed by atoms with Crippen LogP contribution in [0.2, 0.25) is 0 Å². The summed E-state index contributed by atoms with van der Waals surface area (Å²) in [5.41, 5.74) is 3.06. The maximum atomic E-state index is 13.4. The van der Waals surface area contributed by atoms with Crippen molar-refractivity contribution in [1.82, 2.24) is 9.80 Å². The third kappa shape index (κ3) is 5.24. The number of nitrogens with zero attached hydrogens (tertiary/aromatic N) is 2. The van der Waals surface area contributed by atoms with Crippen molar-refractivity contribution in [3.05, 3.63) is 60.2 Å². The number of hydrogen-bond acceptors (Lipinski definition) is 4. The highest BCUT2D eigenvalue weighted by Crippen LogP contribution is 2.22. The monoisotopic (exact) mass is 394 g/mol. The topological polar surface area (TPSA) is 42.0 Å². The molecule has 0 unspecified atom stereocenters. The van der Waals surface area contributed by atoms with Gasteiger partial charge >= 0.3 is 0 Å². The van der Waals surface area contributed by atoms with Gasteiger partial charge in [-0.3, -0.25) is 9.69 Å². The smallest absolute Gasteiger partial charge is 0.254 e. The summed E-state index contributed by atoms with van der Waals surface area (Å²) < 4.78 is 11.0. The van der Waals surface area contributed by atoms with Crippen molar-refractivity contribution in [2.75, 3.05) is 52.6 Å². The first-order valence-corrected chi connectivity index (χ1v) is 10.7. The van der Waals surface area contributed by atoms with Crippen molar-refractivity contribution in [1.29, 1.82) is 0 Å². The second kappa shape index (κ2) is 10.0. The van der Waals surface area contributed by atoms with Crippen molar-refractivity contribution < 1.29 is 14.3 Å². The minimum absolute atomic E-state index is 0.129. The van der Waals surface area contributed by atoms with E-state index in [0.717, 1.165) is 76.6 Å². The molecule has 0 aromatic heterocycles. The maximum absolute atomic E-state index is 13.4. The first kappa shape index (κ1) is 20.1. The maximum Gasteiger partial charge on any atom is 0.254 e. The molecule has 5 nitrogen and oxygen atoms in total. The van der Waals surface area contributed by atoms with Crippen LogP contribution in [-0.4, -0.2) is 74.4 Å². The Balaban J connectivity index is 1.47. The first-order valence-electron chi connectivity index (χ1n) is 10.7. The zero-order valence-corrected chi connectivity index (χ0v) is 17.0. The molecule has 2 heterocycles. The molecule has 1 amide bonds. The Morgan fingerprint density at radius 3 is 2.17 bits per heavy atom. The van der Waals surface area contributed by atoms with E-state index in [4.69, 9.17) is 9.47 Å². The Morgan fingerprint density at radius 1 is 0.862 bits per heavy atom. The van der Waals surface area contributed by atoms with Crippen LogP contribution in [0.5, 0.6) is 0 Å². The highest BCUT2D eigenvalue weighted by atomic mass is 16.5. The van der Waals surface area contributed by atoms with Crippen molar-refractivity contribution in [2.45, 2.75) is 18.9 Å². The number of carbonyl (C=O) groups is 1. The van der Waals surface area contributed by atoms with Gasteiger partial charge in [-0.05, 0) is 36.1 Å². The summed E-state index contributed by atoms with van der Waals surface area (Å²) in [5.74, 6) is 0.129. The standard InChI is InChI=1S/C24H30N2O3/c27-24(22-8-6-21(7-9-22)20-4-2-1-3-5-20)26(23-10-16-28-17-11-23)13-12-25-14-18-29-19-15-25/h1-9,23H,10-19H2. The number of benzene rings is 2. The van der Waals surface area contributed by atoms with Gasteiger partial charge in [-0.25, -0.2) is 0 Å². The van der Waals surface area contributed by atoms with Gasteiger partial charge in [0.2, 0.25) is 0 Å². The summed E-state index contributed by atoms with van der Waals surface area (Å²) in [6.45, 7) is 6.58. The SMILES string of the molecule is O=C(c1ccc(-c2ccccc2)cc1)N(CCN1CCOCC1)C1CCOCC1. The molecule has 29 heavy (non-hydrogen) atoms. The highest BCUT2D eigenvalue weighted by molar-refractivity contribution is 5.95. The molecule has 2 aliphatic heterocycles. The lowest BCUT2D eigenvalue weighted by molar-refractivity contribution is 0.0141. The molecule has 4 rings (SSSR count). The van der Waals surface area contributed by atoms with E-state index in [1.54, 1.807) is 0 Å². The van der Waals surface area contributed by atoms with E-state index in [0.29, 0.717) is 0 Å². The summed E-state index contributed by atoms with van der Waals surface area (Å²) in [7, 11) is 0. The van der Waals surface area contributed by atoms with Gasteiger partial charge in [0.1, 0.15) is 0 Å². The number of amides is 1. The Labute approximate surface area is 173 Å². The van der Waals surface area contributed by atoms with Gasteiger partial charge < -0.3 is 14.4 Å². The fraction of sp³-hybridized carbons (Fsp3) is 0.458. The highest BCUT2D eigenvalue weighted by Gasteiger charge is 2.27. The van der Waals surface area contributed by atoms with E-state index >= 15 is 0 Å². The van der Waals surface area contributed by atoms with E-state index in [1.165, 1.54) is 5.56 Å². The summed E-state index contributed by atoms with van der Waals surface area (Å²) in [5, 5.41) is 0. The minimum Gasteiger partial charge on any atom is -0.381 e. The molecule has 0 atom stereocenters. The van der Waals surface area contributed by atoms with Crippen LogP contribution in [0.4, 0.5) is 0 Å². The second-order valence-electron chi connectivity index (χ2n) is 7.74. The van der Waals surface area contributed by atoms with Crippen LogP contribution >= 0.6 is 0 Å². The van der Waals surface area contributed by atoms with Crippen LogP contribution < -0.4 is 0 Å². The molecule has 0 aliphatic carbocycles. The van der Waals surface area contributed by atoms with E-state index in [1.807, 2.05) is 42.5 Å². The van der Waals surface area contributed by atoms with Crippen LogP contribution in [0.3, 0.4) is 0 Å². The molecule has 2 aromatic carbocycles. The molecule has 0 radical (unpaired) electrons. The van der Waals surface area contributed by atoms with Crippen molar-refractivity contribution in [2.24, 2.45) is 0 Å². The number of ether oxygens (including phenoxy) is 2. The second-order valence-corrected chi connectivity index (χ2v) is 7.74. The Kier molecular flexibility index (Phi) is 6.93. The molecular formula is C24H30N2O3. The molecule has 154 valence electrons. The van der Waals surface area contributed by atoms with Crippen LogP contribution in [0.25, 0.3) is 11.1 Å². The van der Waals surface area contributed by atoms with Crippen molar-refractivity contribution >= 4 is 5.91 Å². The molecule has 0 N–H and O–H groups in total. The number of rotatable bonds is 6. The zero-order valence-electron chi connectivity index (χ0n) is 17.0. The third-order valence-electron chi connectivity index (χ3n) is 5.89. The summed E-state index contributed by atoms with van der Waals surface area (Å²) in [6.07, 6.45) is 1.83. The van der Waals surface area contributed by atoms with Gasteiger partial charge in [0, 0.05) is 51.0 Å². The van der Waals surface area contributed by atoms with Crippen molar-refractivity contribution in [3.63, 3.8) is 0 Å². The molecule has 0 spiro atoms. The van der Waals surface area contributed by atoms with Crippen LogP contribution in [0, 0.1) is 0 Å². The summed E-state index contributed by atoms with van der Waals surface area (Å²) in [6, 6.07) is 18.5. The number of carbonyl (C=O) groups excluding carboxylic acids is 1. The number of morpholine rings is 1. The van der Waals surface area contributed by atoms with Gasteiger partial charge in [-0.2, -0.15) is 0 Å².